The fraction of sp³-hybridized carbons (Fsp3) is 0.286. The van der Waals surface area contributed by atoms with Gasteiger partial charge in [0.15, 0.2) is 17.3 Å². The van der Waals surface area contributed by atoms with Crippen LogP contribution in [0, 0.1) is 10.1 Å². The molecule has 3 rings (SSSR count). The van der Waals surface area contributed by atoms with Gasteiger partial charge in [-0.25, -0.2) is 8.42 Å². The van der Waals surface area contributed by atoms with Gasteiger partial charge in [-0.15, -0.1) is 0 Å². The Hall–Kier alpha value is -3.28. The summed E-state index contributed by atoms with van der Waals surface area (Å²) in [4.78, 5) is 23.4. The summed E-state index contributed by atoms with van der Waals surface area (Å²) >= 11 is 0. The monoisotopic (exact) mass is 462 g/mol. The van der Waals surface area contributed by atoms with Crippen LogP contribution in [-0.4, -0.2) is 64.0 Å². The number of benzene rings is 2. The fourth-order valence-corrected chi connectivity index (χ4v) is 4.57. The third kappa shape index (κ3) is 4.96. The van der Waals surface area contributed by atoms with Gasteiger partial charge in [-0.05, 0) is 42.5 Å². The molecule has 0 saturated carbocycles. The molecule has 0 amide bonds. The number of allylic oxidation sites excluding steroid dienone is 1. The molecule has 2 aromatic carbocycles. The van der Waals surface area contributed by atoms with E-state index in [1.165, 1.54) is 67.1 Å². The summed E-state index contributed by atoms with van der Waals surface area (Å²) in [7, 11) is -0.904. The smallest absolute Gasteiger partial charge is 0.280 e. The lowest BCUT2D eigenvalue weighted by Gasteiger charge is -2.26. The Morgan fingerprint density at radius 1 is 1.09 bits per heavy atom. The standard InChI is InChI=1S/C21H22N2O8S/c1-29-20-13-16(18(23(25)26)14-21(20)30-2)5-8-19(24)15-3-6-17(7-4-15)32(27,28)22-9-11-31-12-10-22/h3-8,13-14H,9-12H2,1-2H3/b8-5+. The zero-order valence-corrected chi connectivity index (χ0v) is 18.3. The van der Waals surface area contributed by atoms with Gasteiger partial charge in [0.2, 0.25) is 10.0 Å². The summed E-state index contributed by atoms with van der Waals surface area (Å²) < 4.78 is 42.1. The highest BCUT2D eigenvalue weighted by Crippen LogP contribution is 2.35. The number of methoxy groups -OCH3 is 2. The van der Waals surface area contributed by atoms with Gasteiger partial charge in [0.05, 0.1) is 48.9 Å². The quantitative estimate of drug-likeness (QED) is 0.254. The predicted molar refractivity (Wildman–Crippen MR) is 116 cm³/mol. The van der Waals surface area contributed by atoms with Crippen LogP contribution in [0.4, 0.5) is 5.69 Å². The lowest BCUT2D eigenvalue weighted by Crippen LogP contribution is -2.40. The molecule has 32 heavy (non-hydrogen) atoms. The summed E-state index contributed by atoms with van der Waals surface area (Å²) in [6, 6.07) is 8.16. The Bertz CT molecular complexity index is 1140. The number of carbonyl (C=O) groups is 1. The molecular weight excluding hydrogens is 440 g/mol. The van der Waals surface area contributed by atoms with Crippen molar-refractivity contribution in [1.29, 1.82) is 0 Å². The highest BCUT2D eigenvalue weighted by atomic mass is 32.2. The molecule has 170 valence electrons. The van der Waals surface area contributed by atoms with Crippen LogP contribution in [0.1, 0.15) is 15.9 Å². The molecule has 0 N–H and O–H groups in total. The molecule has 0 spiro atoms. The molecule has 0 unspecified atom stereocenters. The SMILES string of the molecule is COc1cc(/C=C/C(=O)c2ccc(S(=O)(=O)N3CCOCC3)cc2)c([N+](=O)[O-])cc1OC. The van der Waals surface area contributed by atoms with Crippen molar-refractivity contribution in [3.8, 4) is 11.5 Å². The molecule has 0 atom stereocenters. The topological polar surface area (TPSA) is 125 Å². The number of hydrogen-bond acceptors (Lipinski definition) is 8. The number of sulfonamides is 1. The maximum Gasteiger partial charge on any atom is 0.280 e. The van der Waals surface area contributed by atoms with Gasteiger partial charge < -0.3 is 14.2 Å². The van der Waals surface area contributed by atoms with Gasteiger partial charge in [-0.1, -0.05) is 0 Å². The lowest BCUT2D eigenvalue weighted by molar-refractivity contribution is -0.385. The van der Waals surface area contributed by atoms with E-state index in [1.54, 1.807) is 0 Å². The average molecular weight is 462 g/mol. The second-order valence-corrected chi connectivity index (χ2v) is 8.70. The number of nitrogens with zero attached hydrogens (tertiary/aromatic N) is 2. The van der Waals surface area contributed by atoms with Crippen LogP contribution in [0.15, 0.2) is 47.4 Å². The van der Waals surface area contributed by atoms with Gasteiger partial charge in [-0.2, -0.15) is 4.31 Å². The summed E-state index contributed by atoms with van der Waals surface area (Å²) in [6.07, 6.45) is 2.49. The first kappa shape index (κ1) is 23.4. The Balaban J connectivity index is 1.82. The average Bonchev–Trinajstić information content (AvgIpc) is 2.82. The molecule has 0 aliphatic carbocycles. The third-order valence-corrected chi connectivity index (χ3v) is 6.80. The molecule has 1 heterocycles. The fourth-order valence-electron chi connectivity index (χ4n) is 3.16. The maximum absolute atomic E-state index is 12.7. The van der Waals surface area contributed by atoms with Crippen LogP contribution in [-0.2, 0) is 14.8 Å². The second-order valence-electron chi connectivity index (χ2n) is 6.76. The van der Waals surface area contributed by atoms with E-state index in [4.69, 9.17) is 14.2 Å². The lowest BCUT2D eigenvalue weighted by atomic mass is 10.1. The van der Waals surface area contributed by atoms with E-state index in [2.05, 4.69) is 0 Å². The largest absolute Gasteiger partial charge is 0.493 e. The Morgan fingerprint density at radius 3 is 2.25 bits per heavy atom. The first-order chi connectivity index (χ1) is 15.3. The number of hydrogen-bond donors (Lipinski definition) is 0. The van der Waals surface area contributed by atoms with Crippen molar-refractivity contribution in [2.45, 2.75) is 4.90 Å². The normalized spacial score (nSPS) is 14.9. The van der Waals surface area contributed by atoms with Crippen molar-refractivity contribution < 1.29 is 32.3 Å². The van der Waals surface area contributed by atoms with Gasteiger partial charge >= 0.3 is 0 Å². The number of ether oxygens (including phenoxy) is 3. The number of carbonyl (C=O) groups excluding carboxylic acids is 1. The number of morpholine rings is 1. The zero-order valence-electron chi connectivity index (χ0n) is 17.5. The Labute approximate surface area is 185 Å². The molecule has 1 saturated heterocycles. The van der Waals surface area contributed by atoms with Gasteiger partial charge in [0, 0.05) is 18.7 Å². The molecular formula is C21H22N2O8S. The van der Waals surface area contributed by atoms with Crippen LogP contribution in [0.2, 0.25) is 0 Å². The Kier molecular flexibility index (Phi) is 7.23. The van der Waals surface area contributed by atoms with Crippen molar-refractivity contribution in [1.82, 2.24) is 4.31 Å². The van der Waals surface area contributed by atoms with E-state index in [-0.39, 0.29) is 46.3 Å². The molecule has 0 radical (unpaired) electrons. The zero-order chi connectivity index (χ0) is 23.3. The molecule has 10 nitrogen and oxygen atoms in total. The number of nitro groups is 1. The molecule has 1 fully saturated rings. The van der Waals surface area contributed by atoms with E-state index in [1.807, 2.05) is 0 Å². The minimum Gasteiger partial charge on any atom is -0.493 e. The molecule has 1 aliphatic rings. The van der Waals surface area contributed by atoms with Gasteiger partial charge in [0.25, 0.3) is 5.69 Å². The van der Waals surface area contributed by atoms with Crippen LogP contribution in [0.5, 0.6) is 11.5 Å². The molecule has 0 bridgehead atoms. The summed E-state index contributed by atoms with van der Waals surface area (Å²) in [6.45, 7) is 1.22. The van der Waals surface area contributed by atoms with Gasteiger partial charge in [-0.3, -0.25) is 14.9 Å². The highest BCUT2D eigenvalue weighted by molar-refractivity contribution is 7.89. The van der Waals surface area contributed by atoms with Crippen LogP contribution in [0.3, 0.4) is 0 Å². The molecule has 1 aliphatic heterocycles. The Morgan fingerprint density at radius 2 is 1.69 bits per heavy atom. The van der Waals surface area contributed by atoms with Crippen LogP contribution in [0.25, 0.3) is 6.08 Å². The number of rotatable bonds is 8. The van der Waals surface area contributed by atoms with Crippen LogP contribution < -0.4 is 9.47 Å². The first-order valence-electron chi connectivity index (χ1n) is 9.58. The van der Waals surface area contributed by atoms with Crippen molar-refractivity contribution in [3.63, 3.8) is 0 Å². The third-order valence-electron chi connectivity index (χ3n) is 4.89. The maximum atomic E-state index is 12.7. The van der Waals surface area contributed by atoms with E-state index in [9.17, 15) is 23.3 Å². The number of ketones is 1. The summed E-state index contributed by atoms with van der Waals surface area (Å²) in [5.41, 5.74) is 0.150. The first-order valence-corrected chi connectivity index (χ1v) is 11.0. The molecule has 11 heteroatoms. The summed E-state index contributed by atoms with van der Waals surface area (Å²) in [5.74, 6) is 0.0343. The predicted octanol–water partition coefficient (Wildman–Crippen LogP) is 2.53. The van der Waals surface area contributed by atoms with Gasteiger partial charge in [0.1, 0.15) is 0 Å². The second kappa shape index (κ2) is 9.90. The van der Waals surface area contributed by atoms with Crippen molar-refractivity contribution >= 4 is 27.6 Å². The minimum absolute atomic E-state index is 0.0791. The van der Waals surface area contributed by atoms with E-state index < -0.39 is 20.7 Å². The van der Waals surface area contributed by atoms with E-state index >= 15 is 0 Å². The molecule has 0 aromatic heterocycles. The number of nitro benzene ring substituents is 1. The molecule has 2 aromatic rings. The van der Waals surface area contributed by atoms with Crippen molar-refractivity contribution in [2.75, 3.05) is 40.5 Å². The van der Waals surface area contributed by atoms with E-state index in [0.717, 1.165) is 0 Å². The highest BCUT2D eigenvalue weighted by Gasteiger charge is 2.26. The van der Waals surface area contributed by atoms with E-state index in [0.29, 0.717) is 13.2 Å². The summed E-state index contributed by atoms with van der Waals surface area (Å²) in [5, 5.41) is 11.4. The minimum atomic E-state index is -3.67. The van der Waals surface area contributed by atoms with Crippen molar-refractivity contribution in [3.05, 3.63) is 63.7 Å². The van der Waals surface area contributed by atoms with Crippen molar-refractivity contribution in [2.24, 2.45) is 0 Å². The van der Waals surface area contributed by atoms with Crippen LogP contribution >= 0.6 is 0 Å².